The third-order valence-corrected chi connectivity index (χ3v) is 4.55. The van der Waals surface area contributed by atoms with Crippen LogP contribution in [-0.4, -0.2) is 43.6 Å². The number of nitrogens with zero attached hydrogens (tertiary/aromatic N) is 2. The molecule has 0 aliphatic carbocycles. The van der Waals surface area contributed by atoms with Gasteiger partial charge < -0.3 is 19.7 Å². The summed E-state index contributed by atoms with van der Waals surface area (Å²) in [5.41, 5.74) is 0.945. The van der Waals surface area contributed by atoms with Crippen molar-refractivity contribution in [2.75, 3.05) is 37.0 Å². The molecular weight excluding hydrogens is 378 g/mol. The number of amides is 1. The number of hydrogen-bond acceptors (Lipinski definition) is 7. The van der Waals surface area contributed by atoms with Crippen LogP contribution >= 0.6 is 0 Å². The molecule has 1 saturated heterocycles. The Morgan fingerprint density at radius 2 is 1.93 bits per heavy atom. The zero-order valence-electron chi connectivity index (χ0n) is 15.9. The SMILES string of the molecule is COc1cccc(NC(=O)COC(=O)c2cc([N+](=O)[O-])ccc2N2CCCC2)c1. The lowest BCUT2D eigenvalue weighted by molar-refractivity contribution is -0.384. The van der Waals surface area contributed by atoms with Gasteiger partial charge in [0.25, 0.3) is 11.6 Å². The molecule has 0 aromatic heterocycles. The number of anilines is 2. The summed E-state index contributed by atoms with van der Waals surface area (Å²) in [6.45, 7) is 1.00. The Labute approximate surface area is 167 Å². The van der Waals surface area contributed by atoms with E-state index in [0.29, 0.717) is 17.1 Å². The number of nitro benzene ring substituents is 1. The molecule has 0 bridgehead atoms. The maximum Gasteiger partial charge on any atom is 0.341 e. The predicted molar refractivity (Wildman–Crippen MR) is 106 cm³/mol. The smallest absolute Gasteiger partial charge is 0.341 e. The molecule has 29 heavy (non-hydrogen) atoms. The lowest BCUT2D eigenvalue weighted by atomic mass is 10.1. The number of nitro groups is 1. The lowest BCUT2D eigenvalue weighted by Gasteiger charge is -2.20. The van der Waals surface area contributed by atoms with Gasteiger partial charge in [-0.05, 0) is 31.0 Å². The quantitative estimate of drug-likeness (QED) is 0.433. The Hall–Kier alpha value is -3.62. The summed E-state index contributed by atoms with van der Waals surface area (Å²) in [4.78, 5) is 37.2. The normalized spacial score (nSPS) is 13.1. The number of benzene rings is 2. The molecule has 1 fully saturated rings. The van der Waals surface area contributed by atoms with E-state index >= 15 is 0 Å². The van der Waals surface area contributed by atoms with E-state index in [1.54, 1.807) is 30.3 Å². The average Bonchev–Trinajstić information content (AvgIpc) is 3.26. The van der Waals surface area contributed by atoms with Crippen molar-refractivity contribution in [2.45, 2.75) is 12.8 Å². The van der Waals surface area contributed by atoms with Crippen molar-refractivity contribution >= 4 is 28.9 Å². The van der Waals surface area contributed by atoms with Crippen molar-refractivity contribution in [3.63, 3.8) is 0 Å². The highest BCUT2D eigenvalue weighted by Crippen LogP contribution is 2.29. The molecule has 1 aliphatic heterocycles. The highest BCUT2D eigenvalue weighted by Gasteiger charge is 2.24. The van der Waals surface area contributed by atoms with Gasteiger partial charge in [-0.3, -0.25) is 14.9 Å². The van der Waals surface area contributed by atoms with Crippen LogP contribution in [0.1, 0.15) is 23.2 Å². The number of non-ortho nitro benzene ring substituents is 1. The van der Waals surface area contributed by atoms with Crippen LogP contribution in [-0.2, 0) is 9.53 Å². The number of rotatable bonds is 7. The minimum Gasteiger partial charge on any atom is -0.497 e. The Kier molecular flexibility index (Phi) is 6.28. The molecule has 1 heterocycles. The third kappa shape index (κ3) is 5.01. The van der Waals surface area contributed by atoms with Crippen LogP contribution in [0.15, 0.2) is 42.5 Å². The highest BCUT2D eigenvalue weighted by atomic mass is 16.6. The maximum atomic E-state index is 12.6. The maximum absolute atomic E-state index is 12.6. The van der Waals surface area contributed by atoms with Crippen LogP contribution in [0.3, 0.4) is 0 Å². The highest BCUT2D eigenvalue weighted by molar-refractivity contribution is 5.99. The molecule has 152 valence electrons. The van der Waals surface area contributed by atoms with E-state index in [4.69, 9.17) is 9.47 Å². The van der Waals surface area contributed by atoms with Crippen LogP contribution in [0.5, 0.6) is 5.75 Å². The second-order valence-electron chi connectivity index (χ2n) is 6.51. The first-order valence-corrected chi connectivity index (χ1v) is 9.12. The van der Waals surface area contributed by atoms with Gasteiger partial charge in [-0.1, -0.05) is 6.07 Å². The molecule has 3 rings (SSSR count). The summed E-state index contributed by atoms with van der Waals surface area (Å²) in [7, 11) is 1.51. The monoisotopic (exact) mass is 399 g/mol. The van der Waals surface area contributed by atoms with E-state index in [1.807, 2.05) is 4.90 Å². The summed E-state index contributed by atoms with van der Waals surface area (Å²) in [6, 6.07) is 10.9. The Morgan fingerprint density at radius 1 is 1.17 bits per heavy atom. The minimum absolute atomic E-state index is 0.0790. The summed E-state index contributed by atoms with van der Waals surface area (Å²) in [6.07, 6.45) is 1.96. The largest absolute Gasteiger partial charge is 0.497 e. The minimum atomic E-state index is -0.781. The molecule has 2 aromatic carbocycles. The van der Waals surface area contributed by atoms with Gasteiger partial charge in [-0.2, -0.15) is 0 Å². The molecule has 1 N–H and O–H groups in total. The number of esters is 1. The summed E-state index contributed by atoms with van der Waals surface area (Å²) < 4.78 is 10.2. The van der Waals surface area contributed by atoms with Gasteiger partial charge in [0.05, 0.1) is 23.3 Å². The summed E-state index contributed by atoms with van der Waals surface area (Å²) in [5.74, 6) is -0.734. The zero-order valence-corrected chi connectivity index (χ0v) is 15.9. The fraction of sp³-hybridized carbons (Fsp3) is 0.300. The average molecular weight is 399 g/mol. The van der Waals surface area contributed by atoms with Crippen molar-refractivity contribution in [3.05, 3.63) is 58.1 Å². The fourth-order valence-corrected chi connectivity index (χ4v) is 3.14. The Balaban J connectivity index is 1.69. The number of hydrogen-bond donors (Lipinski definition) is 1. The van der Waals surface area contributed by atoms with Gasteiger partial charge in [0, 0.05) is 37.0 Å². The van der Waals surface area contributed by atoms with Crippen molar-refractivity contribution in [1.82, 2.24) is 0 Å². The molecule has 0 spiro atoms. The van der Waals surface area contributed by atoms with Gasteiger partial charge in [-0.25, -0.2) is 4.79 Å². The first-order chi connectivity index (χ1) is 14.0. The van der Waals surface area contributed by atoms with E-state index in [9.17, 15) is 19.7 Å². The molecule has 1 aliphatic rings. The van der Waals surface area contributed by atoms with E-state index in [2.05, 4.69) is 5.32 Å². The lowest BCUT2D eigenvalue weighted by Crippen LogP contribution is -2.24. The molecule has 0 atom stereocenters. The summed E-state index contributed by atoms with van der Waals surface area (Å²) in [5, 5.41) is 13.7. The van der Waals surface area contributed by atoms with E-state index in [-0.39, 0.29) is 11.3 Å². The molecule has 9 nitrogen and oxygen atoms in total. The van der Waals surface area contributed by atoms with Crippen molar-refractivity contribution in [3.8, 4) is 5.75 Å². The number of ether oxygens (including phenoxy) is 2. The second kappa shape index (κ2) is 9.05. The molecule has 0 radical (unpaired) electrons. The molecule has 9 heteroatoms. The van der Waals surface area contributed by atoms with E-state index in [1.165, 1.54) is 19.2 Å². The van der Waals surface area contributed by atoms with Crippen molar-refractivity contribution < 1.29 is 24.0 Å². The first kappa shape index (κ1) is 20.1. The standard InChI is InChI=1S/C20H21N3O6/c1-28-16-6-4-5-14(11-16)21-19(24)13-29-20(25)17-12-15(23(26)27)7-8-18(17)22-9-2-3-10-22/h4-8,11-12H,2-3,9-10,13H2,1H3,(H,21,24). The topological polar surface area (TPSA) is 111 Å². The van der Waals surface area contributed by atoms with Gasteiger partial charge in [-0.15, -0.1) is 0 Å². The number of carbonyl (C=O) groups excluding carboxylic acids is 2. The molecule has 1 amide bonds. The van der Waals surface area contributed by atoms with Crippen LogP contribution in [0, 0.1) is 10.1 Å². The van der Waals surface area contributed by atoms with Gasteiger partial charge in [0.2, 0.25) is 0 Å². The van der Waals surface area contributed by atoms with Crippen LogP contribution in [0.25, 0.3) is 0 Å². The molecule has 0 unspecified atom stereocenters. The number of nitrogens with one attached hydrogen (secondary N) is 1. The summed E-state index contributed by atoms with van der Waals surface area (Å²) >= 11 is 0. The fourth-order valence-electron chi connectivity index (χ4n) is 3.14. The number of carbonyl (C=O) groups is 2. The molecular formula is C20H21N3O6. The van der Waals surface area contributed by atoms with Gasteiger partial charge >= 0.3 is 5.97 Å². The zero-order chi connectivity index (χ0) is 20.8. The van der Waals surface area contributed by atoms with Crippen molar-refractivity contribution in [1.29, 1.82) is 0 Å². The predicted octanol–water partition coefficient (Wildman–Crippen LogP) is 3.00. The molecule has 0 saturated carbocycles. The van der Waals surface area contributed by atoms with Crippen molar-refractivity contribution in [2.24, 2.45) is 0 Å². The van der Waals surface area contributed by atoms with Crippen LogP contribution in [0.2, 0.25) is 0 Å². The third-order valence-electron chi connectivity index (χ3n) is 4.55. The Morgan fingerprint density at radius 3 is 2.62 bits per heavy atom. The van der Waals surface area contributed by atoms with Gasteiger partial charge in [0.15, 0.2) is 6.61 Å². The number of methoxy groups -OCH3 is 1. The second-order valence-corrected chi connectivity index (χ2v) is 6.51. The Bertz CT molecular complexity index is 924. The van der Waals surface area contributed by atoms with Gasteiger partial charge in [0.1, 0.15) is 5.75 Å². The van der Waals surface area contributed by atoms with Crippen LogP contribution in [0.4, 0.5) is 17.1 Å². The molecule has 2 aromatic rings. The van der Waals surface area contributed by atoms with Crippen LogP contribution < -0.4 is 15.0 Å². The first-order valence-electron chi connectivity index (χ1n) is 9.12. The van der Waals surface area contributed by atoms with E-state index in [0.717, 1.165) is 25.9 Å². The van der Waals surface area contributed by atoms with E-state index < -0.39 is 23.4 Å².